The van der Waals surface area contributed by atoms with E-state index in [-0.39, 0.29) is 17.7 Å². The van der Waals surface area contributed by atoms with E-state index in [9.17, 15) is 4.79 Å². The molecule has 0 amide bonds. The van der Waals surface area contributed by atoms with E-state index in [0.29, 0.717) is 15.6 Å². The van der Waals surface area contributed by atoms with Gasteiger partial charge < -0.3 is 5.73 Å². The molecule has 2 nitrogen and oxygen atoms in total. The number of hydrogen-bond donors (Lipinski definition) is 1. The molecule has 0 fully saturated rings. The Morgan fingerprint density at radius 3 is 2.47 bits per heavy atom. The molecule has 1 rings (SSSR count). The third kappa shape index (κ3) is 2.71. The number of ketones is 1. The van der Waals surface area contributed by atoms with Crippen molar-refractivity contribution in [3.63, 3.8) is 0 Å². The Morgan fingerprint density at radius 2 is 1.93 bits per heavy atom. The first kappa shape index (κ1) is 12.5. The van der Waals surface area contributed by atoms with Gasteiger partial charge in [-0.1, -0.05) is 36.2 Å². The van der Waals surface area contributed by atoms with Crippen molar-refractivity contribution in [3.8, 4) is 0 Å². The van der Waals surface area contributed by atoms with Crippen LogP contribution in [0, 0.1) is 5.92 Å². The van der Waals surface area contributed by atoms with Gasteiger partial charge in [0, 0.05) is 17.5 Å². The van der Waals surface area contributed by atoms with Gasteiger partial charge in [-0.05, 0) is 19.1 Å². The molecule has 82 valence electrons. The van der Waals surface area contributed by atoms with Crippen LogP contribution in [0.3, 0.4) is 0 Å². The second-order valence-corrected chi connectivity index (χ2v) is 4.40. The molecule has 0 aliphatic rings. The lowest BCUT2D eigenvalue weighted by atomic mass is 9.94. The minimum atomic E-state index is -0.263. The topological polar surface area (TPSA) is 43.1 Å². The Morgan fingerprint density at radius 1 is 1.33 bits per heavy atom. The minimum absolute atomic E-state index is 0.0718. The van der Waals surface area contributed by atoms with E-state index >= 15 is 0 Å². The van der Waals surface area contributed by atoms with Crippen LogP contribution in [0.25, 0.3) is 0 Å². The molecule has 0 saturated carbocycles. The van der Waals surface area contributed by atoms with Gasteiger partial charge in [0.05, 0.1) is 10.0 Å². The van der Waals surface area contributed by atoms with Crippen LogP contribution >= 0.6 is 23.2 Å². The fourth-order valence-electron chi connectivity index (χ4n) is 1.18. The van der Waals surface area contributed by atoms with Gasteiger partial charge in [-0.25, -0.2) is 0 Å². The van der Waals surface area contributed by atoms with Crippen LogP contribution in [-0.4, -0.2) is 11.8 Å². The summed E-state index contributed by atoms with van der Waals surface area (Å²) in [6.45, 7) is 3.57. The van der Waals surface area contributed by atoms with E-state index in [2.05, 4.69) is 0 Å². The van der Waals surface area contributed by atoms with Crippen molar-refractivity contribution in [2.45, 2.75) is 19.9 Å². The fourth-order valence-corrected chi connectivity index (χ4v) is 1.57. The molecule has 0 radical (unpaired) electrons. The number of rotatable bonds is 3. The van der Waals surface area contributed by atoms with Crippen molar-refractivity contribution >= 4 is 29.0 Å². The fraction of sp³-hybridized carbons (Fsp3) is 0.364. The maximum atomic E-state index is 11.9. The molecule has 1 aromatic rings. The van der Waals surface area contributed by atoms with Crippen LogP contribution in [0.4, 0.5) is 0 Å². The highest BCUT2D eigenvalue weighted by atomic mass is 35.5. The lowest BCUT2D eigenvalue weighted by molar-refractivity contribution is 0.0917. The molecule has 4 heteroatoms. The molecule has 0 aromatic heterocycles. The molecule has 1 aromatic carbocycles. The number of hydrogen-bond acceptors (Lipinski definition) is 2. The summed E-state index contributed by atoms with van der Waals surface area (Å²) in [6.07, 6.45) is 0. The molecule has 2 unspecified atom stereocenters. The lowest BCUT2D eigenvalue weighted by Gasteiger charge is -2.15. The first-order chi connectivity index (χ1) is 6.95. The van der Waals surface area contributed by atoms with Crippen LogP contribution in [0.1, 0.15) is 24.2 Å². The maximum absolute atomic E-state index is 11.9. The third-order valence-electron chi connectivity index (χ3n) is 2.42. The highest BCUT2D eigenvalue weighted by Crippen LogP contribution is 2.27. The van der Waals surface area contributed by atoms with E-state index in [1.165, 1.54) is 0 Å². The SMILES string of the molecule is CC(N)C(C)C(=O)c1cccc(Cl)c1Cl. The predicted octanol–water partition coefficient (Wildman–Crippen LogP) is 3.16. The van der Waals surface area contributed by atoms with Crippen molar-refractivity contribution in [2.24, 2.45) is 11.7 Å². The Balaban J connectivity index is 3.07. The zero-order chi connectivity index (χ0) is 11.6. The normalized spacial score (nSPS) is 14.7. The number of Topliss-reactive ketones (excluding diaryl/α,β-unsaturated/α-hetero) is 1. The summed E-state index contributed by atoms with van der Waals surface area (Å²) in [4.78, 5) is 11.9. The van der Waals surface area contributed by atoms with Crippen LogP contribution in [-0.2, 0) is 0 Å². The lowest BCUT2D eigenvalue weighted by Crippen LogP contribution is -2.30. The molecule has 0 saturated heterocycles. The molecule has 0 aliphatic heterocycles. The van der Waals surface area contributed by atoms with E-state index in [0.717, 1.165) is 0 Å². The van der Waals surface area contributed by atoms with Crippen molar-refractivity contribution < 1.29 is 4.79 Å². The Labute approximate surface area is 99.4 Å². The largest absolute Gasteiger partial charge is 0.327 e. The van der Waals surface area contributed by atoms with Crippen LogP contribution in [0.2, 0.25) is 10.0 Å². The highest BCUT2D eigenvalue weighted by Gasteiger charge is 2.21. The van der Waals surface area contributed by atoms with Crippen molar-refractivity contribution in [2.75, 3.05) is 0 Å². The molecule has 15 heavy (non-hydrogen) atoms. The van der Waals surface area contributed by atoms with Gasteiger partial charge in [-0.2, -0.15) is 0 Å². The molecule has 0 heterocycles. The maximum Gasteiger partial charge on any atom is 0.168 e. The van der Waals surface area contributed by atoms with Crippen molar-refractivity contribution in [1.82, 2.24) is 0 Å². The number of carbonyl (C=O) groups excluding carboxylic acids is 1. The molecular weight excluding hydrogens is 233 g/mol. The zero-order valence-electron chi connectivity index (χ0n) is 8.63. The predicted molar refractivity (Wildman–Crippen MR) is 63.6 cm³/mol. The van der Waals surface area contributed by atoms with Gasteiger partial charge in [-0.3, -0.25) is 4.79 Å². The Hall–Kier alpha value is -0.570. The standard InChI is InChI=1S/C11H13Cl2NO/c1-6(7(2)14)11(15)8-4-3-5-9(12)10(8)13/h3-7H,14H2,1-2H3. The molecule has 0 aliphatic carbocycles. The van der Waals surface area contributed by atoms with Gasteiger partial charge in [0.25, 0.3) is 0 Å². The van der Waals surface area contributed by atoms with Gasteiger partial charge in [-0.15, -0.1) is 0 Å². The van der Waals surface area contributed by atoms with Gasteiger partial charge in [0.2, 0.25) is 0 Å². The first-order valence-corrected chi connectivity index (χ1v) is 5.44. The molecule has 2 atom stereocenters. The van der Waals surface area contributed by atoms with Crippen molar-refractivity contribution in [1.29, 1.82) is 0 Å². The monoisotopic (exact) mass is 245 g/mol. The number of benzene rings is 1. The summed E-state index contributed by atoms with van der Waals surface area (Å²) in [5.41, 5.74) is 6.10. The summed E-state index contributed by atoms with van der Waals surface area (Å²) in [6, 6.07) is 4.81. The van der Waals surface area contributed by atoms with Crippen LogP contribution < -0.4 is 5.73 Å². The van der Waals surface area contributed by atoms with Crippen molar-refractivity contribution in [3.05, 3.63) is 33.8 Å². The summed E-state index contributed by atoms with van der Waals surface area (Å²) in [5.74, 6) is -0.335. The number of halogens is 2. The van der Waals surface area contributed by atoms with E-state index in [1.54, 1.807) is 32.0 Å². The second kappa shape index (κ2) is 4.97. The van der Waals surface area contributed by atoms with E-state index in [1.807, 2.05) is 0 Å². The molecule has 0 spiro atoms. The average molecular weight is 246 g/mol. The van der Waals surface area contributed by atoms with E-state index < -0.39 is 0 Å². The van der Waals surface area contributed by atoms with Crippen LogP contribution in [0.5, 0.6) is 0 Å². The Bertz CT molecular complexity index is 377. The second-order valence-electron chi connectivity index (χ2n) is 3.61. The van der Waals surface area contributed by atoms with Gasteiger partial charge >= 0.3 is 0 Å². The van der Waals surface area contributed by atoms with Gasteiger partial charge in [0.15, 0.2) is 5.78 Å². The summed E-state index contributed by atoms with van der Waals surface area (Å²) < 4.78 is 0. The number of carbonyl (C=O) groups is 1. The van der Waals surface area contributed by atoms with Gasteiger partial charge in [0.1, 0.15) is 0 Å². The molecule has 0 bridgehead atoms. The Kier molecular flexibility index (Phi) is 4.14. The summed E-state index contributed by atoms with van der Waals surface area (Å²) >= 11 is 11.8. The van der Waals surface area contributed by atoms with Crippen LogP contribution in [0.15, 0.2) is 18.2 Å². The minimum Gasteiger partial charge on any atom is -0.327 e. The smallest absolute Gasteiger partial charge is 0.168 e. The summed E-state index contributed by atoms with van der Waals surface area (Å²) in [7, 11) is 0. The average Bonchev–Trinajstić information content (AvgIpc) is 2.20. The third-order valence-corrected chi connectivity index (χ3v) is 3.24. The molecular formula is C11H13Cl2NO. The first-order valence-electron chi connectivity index (χ1n) is 4.69. The summed E-state index contributed by atoms with van der Waals surface area (Å²) in [5, 5.41) is 0.691. The number of nitrogens with two attached hydrogens (primary N) is 1. The quantitative estimate of drug-likeness (QED) is 0.832. The van der Waals surface area contributed by atoms with E-state index in [4.69, 9.17) is 28.9 Å². The highest BCUT2D eigenvalue weighted by molar-refractivity contribution is 6.43. The molecule has 2 N–H and O–H groups in total. The zero-order valence-corrected chi connectivity index (χ0v) is 10.1.